The summed E-state index contributed by atoms with van der Waals surface area (Å²) in [4.78, 5) is 5.71. The van der Waals surface area contributed by atoms with Gasteiger partial charge in [0.2, 0.25) is 0 Å². The average molecular weight is 310 g/mol. The fraction of sp³-hybridized carbons (Fsp3) is 0.316. The highest BCUT2D eigenvalue weighted by Crippen LogP contribution is 2.35. The van der Waals surface area contributed by atoms with Crippen molar-refractivity contribution in [1.82, 2.24) is 0 Å². The molecular formula is C19H22N2O2. The van der Waals surface area contributed by atoms with Gasteiger partial charge in [0.15, 0.2) is 6.10 Å². The molecule has 0 spiro atoms. The Morgan fingerprint density at radius 3 is 2.43 bits per heavy atom. The van der Waals surface area contributed by atoms with E-state index >= 15 is 0 Å². The van der Waals surface area contributed by atoms with Gasteiger partial charge in [0.1, 0.15) is 5.75 Å². The van der Waals surface area contributed by atoms with Gasteiger partial charge in [-0.1, -0.05) is 37.2 Å². The summed E-state index contributed by atoms with van der Waals surface area (Å²) in [7, 11) is 1.67. The number of rotatable bonds is 5. The van der Waals surface area contributed by atoms with Crippen LogP contribution in [0.15, 0.2) is 59.8 Å². The van der Waals surface area contributed by atoms with Gasteiger partial charge in [0, 0.05) is 11.3 Å². The van der Waals surface area contributed by atoms with Crippen molar-refractivity contribution in [2.24, 2.45) is 10.6 Å². The van der Waals surface area contributed by atoms with Crippen molar-refractivity contribution in [3.63, 3.8) is 0 Å². The van der Waals surface area contributed by atoms with E-state index in [1.54, 1.807) is 7.11 Å². The van der Waals surface area contributed by atoms with Crippen LogP contribution >= 0.6 is 0 Å². The molecule has 2 aromatic rings. The van der Waals surface area contributed by atoms with Crippen molar-refractivity contribution >= 4 is 11.4 Å². The third-order valence-corrected chi connectivity index (χ3v) is 4.32. The number of nitrogens with zero attached hydrogens (tertiary/aromatic N) is 1. The van der Waals surface area contributed by atoms with Gasteiger partial charge in [-0.05, 0) is 36.4 Å². The number of para-hydroxylation sites is 1. The van der Waals surface area contributed by atoms with Crippen LogP contribution in [0.1, 0.15) is 19.4 Å². The van der Waals surface area contributed by atoms with Crippen molar-refractivity contribution in [2.75, 3.05) is 19.0 Å². The number of hydrogen-bond donors (Lipinski definition) is 1. The quantitative estimate of drug-likeness (QED) is 0.909. The van der Waals surface area contributed by atoms with Crippen molar-refractivity contribution in [3.8, 4) is 5.75 Å². The lowest BCUT2D eigenvalue weighted by Crippen LogP contribution is -2.38. The minimum Gasteiger partial charge on any atom is -0.497 e. The van der Waals surface area contributed by atoms with E-state index in [1.807, 2.05) is 54.6 Å². The minimum atomic E-state index is -0.170. The number of ether oxygens (including phenoxy) is 1. The molecule has 3 rings (SSSR count). The summed E-state index contributed by atoms with van der Waals surface area (Å²) in [5, 5.41) is 7.76. The second-order valence-electron chi connectivity index (χ2n) is 6.23. The summed E-state index contributed by atoms with van der Waals surface area (Å²) >= 11 is 0. The molecule has 1 heterocycles. The maximum atomic E-state index is 5.71. The summed E-state index contributed by atoms with van der Waals surface area (Å²) in [6, 6.07) is 18.1. The topological polar surface area (TPSA) is 42.9 Å². The Bertz CT molecular complexity index is 678. The van der Waals surface area contributed by atoms with Crippen LogP contribution in [0.4, 0.5) is 5.69 Å². The molecule has 0 saturated carbocycles. The van der Waals surface area contributed by atoms with Crippen molar-refractivity contribution in [2.45, 2.75) is 20.0 Å². The van der Waals surface area contributed by atoms with Gasteiger partial charge in [0.05, 0.1) is 24.8 Å². The van der Waals surface area contributed by atoms with Gasteiger partial charge in [0.25, 0.3) is 0 Å². The summed E-state index contributed by atoms with van der Waals surface area (Å²) in [5.41, 5.74) is 2.96. The Hall–Kier alpha value is -2.49. The molecule has 1 unspecified atom stereocenters. The summed E-state index contributed by atoms with van der Waals surface area (Å²) in [6.45, 7) is 5.04. The number of nitrogens with one attached hydrogen (secondary N) is 1. The van der Waals surface area contributed by atoms with Crippen molar-refractivity contribution < 1.29 is 9.57 Å². The first kappa shape index (κ1) is 15.4. The highest BCUT2D eigenvalue weighted by atomic mass is 16.6. The van der Waals surface area contributed by atoms with E-state index in [1.165, 1.54) is 0 Å². The molecule has 0 saturated heterocycles. The van der Waals surface area contributed by atoms with Gasteiger partial charge in [-0.25, -0.2) is 0 Å². The monoisotopic (exact) mass is 310 g/mol. The smallest absolute Gasteiger partial charge is 0.155 e. The van der Waals surface area contributed by atoms with Crippen LogP contribution in [0.25, 0.3) is 0 Å². The minimum absolute atomic E-state index is 0.0141. The number of oxime groups is 1. The Balaban J connectivity index is 1.70. The van der Waals surface area contributed by atoms with Crippen LogP contribution in [-0.4, -0.2) is 25.5 Å². The van der Waals surface area contributed by atoms with E-state index in [0.29, 0.717) is 6.54 Å². The van der Waals surface area contributed by atoms with Crippen LogP contribution < -0.4 is 10.1 Å². The number of hydrogen-bond acceptors (Lipinski definition) is 4. The lowest BCUT2D eigenvalue weighted by atomic mass is 9.79. The Morgan fingerprint density at radius 1 is 1.09 bits per heavy atom. The standard InChI is InChI=1S/C19H22N2O2/c1-19(2)17(13-20-15-7-5-4-6-8-15)23-21-18(19)14-9-11-16(22-3)12-10-14/h4-12,17,20H,13H2,1-3H3. The van der Waals surface area contributed by atoms with Gasteiger partial charge in [-0.3, -0.25) is 0 Å². The normalized spacial score (nSPS) is 18.9. The first-order chi connectivity index (χ1) is 11.1. The molecular weight excluding hydrogens is 288 g/mol. The third kappa shape index (κ3) is 3.16. The molecule has 0 aliphatic carbocycles. The molecule has 0 bridgehead atoms. The zero-order valence-corrected chi connectivity index (χ0v) is 13.7. The van der Waals surface area contributed by atoms with Crippen molar-refractivity contribution in [3.05, 3.63) is 60.2 Å². The highest BCUT2D eigenvalue weighted by molar-refractivity contribution is 6.05. The van der Waals surface area contributed by atoms with Crippen LogP contribution in [-0.2, 0) is 4.84 Å². The van der Waals surface area contributed by atoms with E-state index in [0.717, 1.165) is 22.7 Å². The predicted octanol–water partition coefficient (Wildman–Crippen LogP) is 3.94. The lowest BCUT2D eigenvalue weighted by molar-refractivity contribution is 0.0465. The molecule has 4 nitrogen and oxygen atoms in total. The van der Waals surface area contributed by atoms with Crippen LogP contribution in [0.2, 0.25) is 0 Å². The fourth-order valence-electron chi connectivity index (χ4n) is 2.75. The second-order valence-corrected chi connectivity index (χ2v) is 6.23. The molecule has 0 fully saturated rings. The van der Waals surface area contributed by atoms with Gasteiger partial charge >= 0.3 is 0 Å². The molecule has 23 heavy (non-hydrogen) atoms. The second kappa shape index (κ2) is 6.32. The maximum Gasteiger partial charge on any atom is 0.155 e. The van der Waals surface area contributed by atoms with Crippen LogP contribution in [0.5, 0.6) is 5.75 Å². The molecule has 1 aliphatic rings. The number of anilines is 1. The Kier molecular flexibility index (Phi) is 4.24. The van der Waals surface area contributed by atoms with E-state index < -0.39 is 0 Å². The molecule has 0 amide bonds. The zero-order chi connectivity index (χ0) is 16.3. The van der Waals surface area contributed by atoms with Gasteiger partial charge in [-0.2, -0.15) is 0 Å². The zero-order valence-electron chi connectivity index (χ0n) is 13.7. The molecule has 0 aromatic heterocycles. The summed E-state index contributed by atoms with van der Waals surface area (Å²) in [6.07, 6.45) is -0.0141. The molecule has 2 aromatic carbocycles. The molecule has 120 valence electrons. The summed E-state index contributed by atoms with van der Waals surface area (Å²) < 4.78 is 5.21. The number of benzene rings is 2. The predicted molar refractivity (Wildman–Crippen MR) is 93.1 cm³/mol. The Morgan fingerprint density at radius 2 is 1.78 bits per heavy atom. The van der Waals surface area contributed by atoms with E-state index in [-0.39, 0.29) is 11.5 Å². The average Bonchev–Trinajstić information content (AvgIpc) is 2.88. The van der Waals surface area contributed by atoms with Crippen molar-refractivity contribution in [1.29, 1.82) is 0 Å². The van der Waals surface area contributed by atoms with E-state index in [2.05, 4.69) is 24.3 Å². The number of methoxy groups -OCH3 is 1. The largest absolute Gasteiger partial charge is 0.497 e. The molecule has 4 heteroatoms. The lowest BCUT2D eigenvalue weighted by Gasteiger charge is -2.26. The maximum absolute atomic E-state index is 5.71. The fourth-order valence-corrected chi connectivity index (χ4v) is 2.75. The first-order valence-electron chi connectivity index (χ1n) is 7.79. The van der Waals surface area contributed by atoms with Gasteiger partial charge in [-0.15, -0.1) is 0 Å². The highest BCUT2D eigenvalue weighted by Gasteiger charge is 2.42. The Labute approximate surface area is 137 Å². The first-order valence-corrected chi connectivity index (χ1v) is 7.79. The van der Waals surface area contributed by atoms with Crippen LogP contribution in [0.3, 0.4) is 0 Å². The van der Waals surface area contributed by atoms with Crippen LogP contribution in [0, 0.1) is 5.41 Å². The third-order valence-electron chi connectivity index (χ3n) is 4.32. The SMILES string of the molecule is COc1ccc(C2=NOC(CNc3ccccc3)C2(C)C)cc1. The summed E-state index contributed by atoms with van der Waals surface area (Å²) in [5.74, 6) is 0.841. The van der Waals surface area contributed by atoms with E-state index in [4.69, 9.17) is 9.57 Å². The van der Waals surface area contributed by atoms with Gasteiger partial charge < -0.3 is 14.9 Å². The molecule has 0 radical (unpaired) electrons. The molecule has 1 N–H and O–H groups in total. The molecule has 1 aliphatic heterocycles. The molecule has 1 atom stereocenters. The van der Waals surface area contributed by atoms with E-state index in [9.17, 15) is 0 Å².